The minimum absolute atomic E-state index is 0.179. The van der Waals surface area contributed by atoms with Gasteiger partial charge < -0.3 is 15.2 Å². The molecule has 0 saturated carbocycles. The Morgan fingerprint density at radius 1 is 1.08 bits per heavy atom. The summed E-state index contributed by atoms with van der Waals surface area (Å²) in [5.41, 5.74) is 1.50. The van der Waals surface area contributed by atoms with Crippen LogP contribution < -0.4 is 5.32 Å². The zero-order chi connectivity index (χ0) is 18.4. The largest absolute Gasteiger partial charge is 0.478 e. The summed E-state index contributed by atoms with van der Waals surface area (Å²) in [6.45, 7) is 6.10. The Bertz CT molecular complexity index is 735. The van der Waals surface area contributed by atoms with E-state index < -0.39 is 12.1 Å². The summed E-state index contributed by atoms with van der Waals surface area (Å²) >= 11 is 0. The van der Waals surface area contributed by atoms with Gasteiger partial charge in [-0.05, 0) is 28.7 Å². The van der Waals surface area contributed by atoms with Crippen molar-refractivity contribution in [3.8, 4) is 0 Å². The first-order chi connectivity index (χ1) is 11.8. The number of carboxylic acids is 1. The number of carbonyl (C=O) groups is 2. The maximum Gasteiger partial charge on any atom is 0.407 e. The number of rotatable bonds is 5. The third kappa shape index (κ3) is 5.35. The van der Waals surface area contributed by atoms with E-state index in [0.29, 0.717) is 0 Å². The highest BCUT2D eigenvalue weighted by molar-refractivity contribution is 5.87. The molecule has 0 aromatic heterocycles. The molecule has 0 spiro atoms. The Morgan fingerprint density at radius 3 is 2.36 bits per heavy atom. The van der Waals surface area contributed by atoms with Gasteiger partial charge in [-0.3, -0.25) is 0 Å². The second-order valence-corrected chi connectivity index (χ2v) is 6.94. The smallest absolute Gasteiger partial charge is 0.407 e. The molecule has 1 atom stereocenters. The van der Waals surface area contributed by atoms with Crippen LogP contribution in [-0.2, 0) is 11.3 Å². The topological polar surface area (TPSA) is 75.6 Å². The van der Waals surface area contributed by atoms with Gasteiger partial charge in [-0.2, -0.15) is 0 Å². The van der Waals surface area contributed by atoms with Crippen LogP contribution in [0.3, 0.4) is 0 Å². The lowest BCUT2D eigenvalue weighted by Crippen LogP contribution is -2.37. The number of ether oxygens (including phenoxy) is 1. The molecule has 1 unspecified atom stereocenters. The van der Waals surface area contributed by atoms with E-state index in [1.807, 2.05) is 51.1 Å². The number of amides is 1. The van der Waals surface area contributed by atoms with Gasteiger partial charge in [-0.1, -0.05) is 63.2 Å². The van der Waals surface area contributed by atoms with E-state index in [1.54, 1.807) is 18.2 Å². The Kier molecular flexibility index (Phi) is 5.80. The monoisotopic (exact) mass is 341 g/mol. The molecule has 0 fully saturated rings. The molecule has 5 heteroatoms. The quantitative estimate of drug-likeness (QED) is 0.845. The molecule has 2 rings (SSSR count). The van der Waals surface area contributed by atoms with Gasteiger partial charge in [-0.25, -0.2) is 9.59 Å². The SMILES string of the molecule is CC(C)(C)C(NC(=O)OCc1ccccc1)c1cccc(C(=O)O)c1. The van der Waals surface area contributed by atoms with Crippen LogP contribution in [0, 0.1) is 5.41 Å². The number of carboxylic acid groups (broad SMARTS) is 1. The summed E-state index contributed by atoms with van der Waals surface area (Å²) < 4.78 is 5.29. The zero-order valence-electron chi connectivity index (χ0n) is 14.7. The second kappa shape index (κ2) is 7.83. The summed E-state index contributed by atoms with van der Waals surface area (Å²) in [7, 11) is 0. The average molecular weight is 341 g/mol. The van der Waals surface area contributed by atoms with Crippen LogP contribution in [-0.4, -0.2) is 17.2 Å². The van der Waals surface area contributed by atoms with Crippen LogP contribution in [0.4, 0.5) is 4.79 Å². The fourth-order valence-electron chi connectivity index (χ4n) is 2.53. The molecule has 132 valence electrons. The average Bonchev–Trinajstić information content (AvgIpc) is 2.58. The minimum atomic E-state index is -0.999. The Morgan fingerprint density at radius 2 is 1.76 bits per heavy atom. The van der Waals surface area contributed by atoms with E-state index in [9.17, 15) is 14.7 Å². The van der Waals surface area contributed by atoms with E-state index in [4.69, 9.17) is 4.74 Å². The normalized spacial score (nSPS) is 12.3. The number of alkyl carbamates (subject to hydrolysis) is 1. The molecular weight excluding hydrogens is 318 g/mol. The van der Waals surface area contributed by atoms with Crippen molar-refractivity contribution in [2.45, 2.75) is 33.4 Å². The Balaban J connectivity index is 2.11. The molecule has 0 aliphatic carbocycles. The van der Waals surface area contributed by atoms with Gasteiger partial charge in [-0.15, -0.1) is 0 Å². The molecule has 1 amide bonds. The highest BCUT2D eigenvalue weighted by atomic mass is 16.5. The van der Waals surface area contributed by atoms with E-state index >= 15 is 0 Å². The number of carbonyl (C=O) groups excluding carboxylic acids is 1. The summed E-state index contributed by atoms with van der Waals surface area (Å²) in [5, 5.41) is 12.0. The van der Waals surface area contributed by atoms with Gasteiger partial charge in [0.2, 0.25) is 0 Å². The molecule has 0 heterocycles. The van der Waals surface area contributed by atoms with E-state index in [0.717, 1.165) is 11.1 Å². The van der Waals surface area contributed by atoms with Crippen LogP contribution in [0.2, 0.25) is 0 Å². The van der Waals surface area contributed by atoms with Crippen molar-refractivity contribution in [2.75, 3.05) is 0 Å². The second-order valence-electron chi connectivity index (χ2n) is 6.94. The molecule has 0 saturated heterocycles. The lowest BCUT2D eigenvalue weighted by Gasteiger charge is -2.31. The van der Waals surface area contributed by atoms with Crippen LogP contribution in [0.5, 0.6) is 0 Å². The zero-order valence-corrected chi connectivity index (χ0v) is 14.7. The highest BCUT2D eigenvalue weighted by Gasteiger charge is 2.29. The summed E-state index contributed by atoms with van der Waals surface area (Å²) in [6.07, 6.45) is -0.537. The van der Waals surface area contributed by atoms with Gasteiger partial charge in [0.25, 0.3) is 0 Å². The van der Waals surface area contributed by atoms with Gasteiger partial charge in [0.1, 0.15) is 6.61 Å². The molecule has 0 aliphatic rings. The standard InChI is InChI=1S/C20H23NO4/c1-20(2,3)17(15-10-7-11-16(12-15)18(22)23)21-19(24)25-13-14-8-5-4-6-9-14/h4-12,17H,13H2,1-3H3,(H,21,24)(H,22,23). The number of nitrogens with one attached hydrogen (secondary N) is 1. The van der Waals surface area contributed by atoms with Crippen LogP contribution in [0.15, 0.2) is 54.6 Å². The van der Waals surface area contributed by atoms with Crippen molar-refractivity contribution < 1.29 is 19.4 Å². The Hall–Kier alpha value is -2.82. The highest BCUT2D eigenvalue weighted by Crippen LogP contribution is 2.33. The number of hydrogen-bond donors (Lipinski definition) is 2. The molecule has 2 N–H and O–H groups in total. The predicted octanol–water partition coefficient (Wildman–Crippen LogP) is 4.40. The summed E-state index contributed by atoms with van der Waals surface area (Å²) in [6, 6.07) is 15.6. The summed E-state index contributed by atoms with van der Waals surface area (Å²) in [4.78, 5) is 23.4. The number of hydrogen-bond acceptors (Lipinski definition) is 3. The molecule has 0 aliphatic heterocycles. The van der Waals surface area contributed by atoms with Gasteiger partial charge >= 0.3 is 12.1 Å². The molecule has 0 radical (unpaired) electrons. The van der Waals surface area contributed by atoms with Crippen LogP contribution in [0.1, 0.15) is 48.3 Å². The van der Waals surface area contributed by atoms with E-state index in [-0.39, 0.29) is 23.6 Å². The molecule has 25 heavy (non-hydrogen) atoms. The van der Waals surface area contributed by atoms with E-state index in [1.165, 1.54) is 6.07 Å². The number of aromatic carboxylic acids is 1. The predicted molar refractivity (Wildman–Crippen MR) is 95.4 cm³/mol. The molecule has 2 aromatic carbocycles. The first-order valence-electron chi connectivity index (χ1n) is 8.08. The lowest BCUT2D eigenvalue weighted by atomic mass is 9.82. The Labute approximate surface area is 147 Å². The van der Waals surface area contributed by atoms with Crippen molar-refractivity contribution in [3.05, 3.63) is 71.3 Å². The van der Waals surface area contributed by atoms with Crippen molar-refractivity contribution in [1.29, 1.82) is 0 Å². The van der Waals surface area contributed by atoms with Gasteiger partial charge in [0, 0.05) is 0 Å². The van der Waals surface area contributed by atoms with Crippen molar-refractivity contribution in [2.24, 2.45) is 5.41 Å². The fourth-order valence-corrected chi connectivity index (χ4v) is 2.53. The molecular formula is C20H23NO4. The van der Waals surface area contributed by atoms with Crippen LogP contribution >= 0.6 is 0 Å². The fraction of sp³-hybridized carbons (Fsp3) is 0.300. The van der Waals surface area contributed by atoms with Crippen molar-refractivity contribution >= 4 is 12.1 Å². The summed E-state index contributed by atoms with van der Waals surface area (Å²) in [5.74, 6) is -0.999. The van der Waals surface area contributed by atoms with Gasteiger partial charge in [0.15, 0.2) is 0 Å². The van der Waals surface area contributed by atoms with Crippen molar-refractivity contribution in [3.63, 3.8) is 0 Å². The minimum Gasteiger partial charge on any atom is -0.478 e. The van der Waals surface area contributed by atoms with E-state index in [2.05, 4.69) is 5.32 Å². The first kappa shape index (κ1) is 18.5. The third-order valence-corrected chi connectivity index (χ3v) is 3.81. The van der Waals surface area contributed by atoms with Gasteiger partial charge in [0.05, 0.1) is 11.6 Å². The maximum absolute atomic E-state index is 12.2. The lowest BCUT2D eigenvalue weighted by molar-refractivity contribution is 0.0696. The van der Waals surface area contributed by atoms with Crippen LogP contribution in [0.25, 0.3) is 0 Å². The number of benzene rings is 2. The molecule has 0 bridgehead atoms. The first-order valence-corrected chi connectivity index (χ1v) is 8.08. The third-order valence-electron chi connectivity index (χ3n) is 3.81. The molecule has 2 aromatic rings. The van der Waals surface area contributed by atoms with Crippen molar-refractivity contribution in [1.82, 2.24) is 5.32 Å². The molecule has 5 nitrogen and oxygen atoms in total. The maximum atomic E-state index is 12.2.